The highest BCUT2D eigenvalue weighted by atomic mass is 19.4. The molecule has 0 atom stereocenters. The standard InChI is InChI=1S/C10H11BF3/c12-11(13,14)9-5-4-8-10-6-2-1-3-7-10/h1-3,5-7,9H,4,8H2/q-1/b9-5-. The molecule has 0 aliphatic heterocycles. The van der Waals surface area contributed by atoms with E-state index in [1.807, 2.05) is 30.3 Å². The summed E-state index contributed by atoms with van der Waals surface area (Å²) >= 11 is 0. The molecule has 0 radical (unpaired) electrons. The van der Waals surface area contributed by atoms with E-state index in [2.05, 4.69) is 0 Å². The van der Waals surface area contributed by atoms with Crippen LogP contribution in [-0.2, 0) is 6.42 Å². The molecule has 0 nitrogen and oxygen atoms in total. The zero-order valence-electron chi connectivity index (χ0n) is 7.67. The molecule has 0 saturated heterocycles. The molecule has 0 spiro atoms. The Morgan fingerprint density at radius 3 is 2.29 bits per heavy atom. The molecule has 0 bridgehead atoms. The van der Waals surface area contributed by atoms with Crippen molar-refractivity contribution in [2.45, 2.75) is 12.8 Å². The van der Waals surface area contributed by atoms with Crippen LogP contribution in [0.5, 0.6) is 0 Å². The Kier molecular flexibility index (Phi) is 3.80. The highest BCUT2D eigenvalue weighted by molar-refractivity contribution is 6.64. The maximum atomic E-state index is 11.8. The van der Waals surface area contributed by atoms with Crippen LogP contribution in [0.25, 0.3) is 0 Å². The first-order chi connectivity index (χ1) is 6.58. The Bertz CT molecular complexity index is 290. The van der Waals surface area contributed by atoms with Gasteiger partial charge in [0.1, 0.15) is 0 Å². The molecule has 0 aliphatic rings. The molecule has 0 heterocycles. The lowest BCUT2D eigenvalue weighted by molar-refractivity contribution is 0.498. The van der Waals surface area contributed by atoms with Gasteiger partial charge < -0.3 is 12.9 Å². The molecular weight excluding hydrogens is 188 g/mol. The number of hydrogen-bond donors (Lipinski definition) is 0. The summed E-state index contributed by atoms with van der Waals surface area (Å²) in [5, 5.41) is 0. The van der Waals surface area contributed by atoms with Crippen molar-refractivity contribution in [2.75, 3.05) is 0 Å². The number of halogens is 3. The third-order valence-corrected chi connectivity index (χ3v) is 1.80. The van der Waals surface area contributed by atoms with E-state index in [-0.39, 0.29) is 0 Å². The molecule has 0 amide bonds. The predicted molar refractivity (Wildman–Crippen MR) is 53.0 cm³/mol. The van der Waals surface area contributed by atoms with E-state index < -0.39 is 6.98 Å². The molecule has 1 aromatic rings. The van der Waals surface area contributed by atoms with Gasteiger partial charge in [0.15, 0.2) is 0 Å². The molecular formula is C10H11BF3-. The molecule has 0 fully saturated rings. The van der Waals surface area contributed by atoms with Crippen LogP contribution in [0, 0.1) is 0 Å². The first kappa shape index (κ1) is 10.9. The lowest BCUT2D eigenvalue weighted by atomic mass is 9.91. The highest BCUT2D eigenvalue weighted by Crippen LogP contribution is 2.10. The monoisotopic (exact) mass is 199 g/mol. The normalized spacial score (nSPS) is 12.2. The van der Waals surface area contributed by atoms with Crippen molar-refractivity contribution in [3.05, 3.63) is 47.9 Å². The zero-order chi connectivity index (χ0) is 10.4. The molecule has 0 aromatic heterocycles. The second-order valence-electron chi connectivity index (χ2n) is 3.08. The van der Waals surface area contributed by atoms with Crippen molar-refractivity contribution in [1.82, 2.24) is 0 Å². The van der Waals surface area contributed by atoms with Gasteiger partial charge in [-0.15, -0.1) is 12.1 Å². The van der Waals surface area contributed by atoms with E-state index in [4.69, 9.17) is 0 Å². The highest BCUT2D eigenvalue weighted by Gasteiger charge is 2.16. The average Bonchev–Trinajstić information content (AvgIpc) is 2.13. The fourth-order valence-corrected chi connectivity index (χ4v) is 1.15. The van der Waals surface area contributed by atoms with Crippen molar-refractivity contribution in [1.29, 1.82) is 0 Å². The third kappa shape index (κ3) is 4.75. The zero-order valence-corrected chi connectivity index (χ0v) is 7.67. The van der Waals surface area contributed by atoms with E-state index in [9.17, 15) is 12.9 Å². The van der Waals surface area contributed by atoms with Crippen molar-refractivity contribution < 1.29 is 12.9 Å². The summed E-state index contributed by atoms with van der Waals surface area (Å²) in [6.45, 7) is -4.77. The quantitative estimate of drug-likeness (QED) is 0.650. The van der Waals surface area contributed by atoms with Gasteiger partial charge in [0.25, 0.3) is 0 Å². The minimum atomic E-state index is -4.77. The smallest absolute Gasteiger partial charge is 0.445 e. The van der Waals surface area contributed by atoms with Crippen LogP contribution in [0.2, 0.25) is 0 Å². The summed E-state index contributed by atoms with van der Waals surface area (Å²) in [4.78, 5) is 0. The van der Waals surface area contributed by atoms with E-state index >= 15 is 0 Å². The van der Waals surface area contributed by atoms with Crippen molar-refractivity contribution in [3.8, 4) is 0 Å². The second kappa shape index (κ2) is 4.89. The molecule has 0 aliphatic carbocycles. The van der Waals surface area contributed by atoms with Gasteiger partial charge in [-0.05, 0) is 18.4 Å². The number of allylic oxidation sites excluding steroid dienone is 1. The van der Waals surface area contributed by atoms with Crippen molar-refractivity contribution in [3.63, 3.8) is 0 Å². The molecule has 0 saturated carbocycles. The van der Waals surface area contributed by atoms with Gasteiger partial charge in [-0.2, -0.15) is 0 Å². The van der Waals surface area contributed by atoms with Crippen molar-refractivity contribution >= 4 is 6.98 Å². The SMILES string of the molecule is F[B-](F)(F)/C=C\CCc1ccccc1. The number of benzene rings is 1. The lowest BCUT2D eigenvalue weighted by Gasteiger charge is -2.05. The summed E-state index contributed by atoms with van der Waals surface area (Å²) in [6, 6.07) is 9.47. The summed E-state index contributed by atoms with van der Waals surface area (Å²) in [5.74, 6) is 0.350. The number of aryl methyl sites for hydroxylation is 1. The van der Waals surface area contributed by atoms with E-state index in [0.29, 0.717) is 18.8 Å². The summed E-state index contributed by atoms with van der Waals surface area (Å²) in [6.07, 6.45) is 2.28. The maximum Gasteiger partial charge on any atom is 0.502 e. The summed E-state index contributed by atoms with van der Waals surface area (Å²) in [7, 11) is 0. The lowest BCUT2D eigenvalue weighted by Crippen LogP contribution is -2.09. The van der Waals surface area contributed by atoms with E-state index in [1.54, 1.807) is 0 Å². The fourth-order valence-electron chi connectivity index (χ4n) is 1.15. The number of hydrogen-bond acceptors (Lipinski definition) is 0. The van der Waals surface area contributed by atoms with Gasteiger partial charge in [0, 0.05) is 0 Å². The van der Waals surface area contributed by atoms with Gasteiger partial charge in [0.2, 0.25) is 0 Å². The van der Waals surface area contributed by atoms with Crippen LogP contribution in [0.1, 0.15) is 12.0 Å². The third-order valence-electron chi connectivity index (χ3n) is 1.80. The Morgan fingerprint density at radius 1 is 1.07 bits per heavy atom. The van der Waals surface area contributed by atoms with Gasteiger partial charge in [-0.1, -0.05) is 30.3 Å². The fraction of sp³-hybridized carbons (Fsp3) is 0.200. The Balaban J connectivity index is 2.33. The van der Waals surface area contributed by atoms with Crippen LogP contribution in [0.4, 0.5) is 12.9 Å². The minimum absolute atomic E-state index is 0.350. The van der Waals surface area contributed by atoms with Crippen LogP contribution in [0.3, 0.4) is 0 Å². The average molecular weight is 199 g/mol. The van der Waals surface area contributed by atoms with Gasteiger partial charge in [-0.25, -0.2) is 0 Å². The van der Waals surface area contributed by atoms with E-state index in [0.717, 1.165) is 5.56 Å². The minimum Gasteiger partial charge on any atom is -0.445 e. The second-order valence-corrected chi connectivity index (χ2v) is 3.08. The molecule has 0 unspecified atom stereocenters. The number of rotatable bonds is 4. The molecule has 1 rings (SSSR count). The molecule has 4 heteroatoms. The molecule has 0 N–H and O–H groups in total. The largest absolute Gasteiger partial charge is 0.502 e. The summed E-state index contributed by atoms with van der Waals surface area (Å²) < 4.78 is 35.3. The van der Waals surface area contributed by atoms with Gasteiger partial charge in [0.05, 0.1) is 0 Å². The molecule has 1 aromatic carbocycles. The first-order valence-electron chi connectivity index (χ1n) is 4.49. The van der Waals surface area contributed by atoms with E-state index in [1.165, 1.54) is 6.08 Å². The molecule has 76 valence electrons. The van der Waals surface area contributed by atoms with Crippen LogP contribution >= 0.6 is 0 Å². The Labute approximate surface area is 81.5 Å². The predicted octanol–water partition coefficient (Wildman–Crippen LogP) is 3.56. The Morgan fingerprint density at radius 2 is 1.71 bits per heavy atom. The maximum absolute atomic E-state index is 11.8. The topological polar surface area (TPSA) is 0 Å². The van der Waals surface area contributed by atoms with Crippen LogP contribution in [0.15, 0.2) is 42.4 Å². The molecule has 14 heavy (non-hydrogen) atoms. The summed E-state index contributed by atoms with van der Waals surface area (Å²) in [5.41, 5.74) is 1.06. The van der Waals surface area contributed by atoms with Crippen molar-refractivity contribution in [2.24, 2.45) is 0 Å². The van der Waals surface area contributed by atoms with Crippen LogP contribution < -0.4 is 0 Å². The first-order valence-corrected chi connectivity index (χ1v) is 4.49. The Hall–Kier alpha value is -1.19. The van der Waals surface area contributed by atoms with Crippen LogP contribution in [-0.4, -0.2) is 6.98 Å². The van der Waals surface area contributed by atoms with Gasteiger partial charge >= 0.3 is 6.98 Å². The van der Waals surface area contributed by atoms with Gasteiger partial charge in [-0.3, -0.25) is 0 Å².